The summed E-state index contributed by atoms with van der Waals surface area (Å²) < 4.78 is 2.18. The Morgan fingerprint density at radius 3 is 1.49 bits per heavy atom. The Hall–Kier alpha value is -8.29. The quantitative estimate of drug-likeness (QED) is 0.193. The Bertz CT molecular complexity index is 2750. The molecule has 0 saturated carbocycles. The van der Waals surface area contributed by atoms with Gasteiger partial charge in [0.05, 0.1) is 74.9 Å². The Morgan fingerprint density at radius 1 is 0.491 bits per heavy atom. The number of aromatic nitrogens is 1. The molecule has 1 aliphatic rings. The van der Waals surface area contributed by atoms with Crippen LogP contribution in [-0.2, 0) is 0 Å². The Morgan fingerprint density at radius 2 is 0.981 bits per heavy atom. The van der Waals surface area contributed by atoms with Crippen LogP contribution in [0.25, 0.3) is 49.7 Å². The minimum absolute atomic E-state index is 0.321. The molecular formula is C44H23N9. The minimum atomic E-state index is 0.321. The van der Waals surface area contributed by atoms with E-state index in [1.165, 1.54) is 0 Å². The number of nitrogens with zero attached hydrogens (tertiary/aromatic N) is 8. The van der Waals surface area contributed by atoms with E-state index in [0.717, 1.165) is 60.9 Å². The van der Waals surface area contributed by atoms with E-state index in [1.54, 1.807) is 48.5 Å². The van der Waals surface area contributed by atoms with Crippen molar-refractivity contribution >= 4 is 33.5 Å². The SMILES string of the molecule is N#Cc1ccc(C2=NCNC(c3ccccc3-n3c4ccc(-c5cc(C#N)cc(C#N)c5)cc4c4cc(-c5cc(C#N)cc(C#N)c5)ccc43)=N2)cc1. The number of nitrogens with one attached hydrogen (secondary N) is 1. The molecule has 2 heterocycles. The summed E-state index contributed by atoms with van der Waals surface area (Å²) in [5, 5.41) is 53.2. The van der Waals surface area contributed by atoms with Crippen LogP contribution in [0.5, 0.6) is 0 Å². The van der Waals surface area contributed by atoms with Crippen molar-refractivity contribution in [2.75, 3.05) is 6.67 Å². The van der Waals surface area contributed by atoms with Crippen molar-refractivity contribution in [1.29, 1.82) is 26.3 Å². The van der Waals surface area contributed by atoms with Gasteiger partial charge >= 0.3 is 0 Å². The normalized spacial score (nSPS) is 12.0. The highest BCUT2D eigenvalue weighted by Crippen LogP contribution is 2.38. The van der Waals surface area contributed by atoms with Crippen molar-refractivity contribution in [2.45, 2.75) is 0 Å². The summed E-state index contributed by atoms with van der Waals surface area (Å²) in [6.07, 6.45) is 0. The molecule has 0 saturated heterocycles. The highest BCUT2D eigenvalue weighted by Gasteiger charge is 2.21. The number of benzene rings is 6. The predicted molar refractivity (Wildman–Crippen MR) is 203 cm³/mol. The van der Waals surface area contributed by atoms with Crippen LogP contribution < -0.4 is 5.32 Å². The molecule has 0 spiro atoms. The topological polar surface area (TPSA) is 161 Å². The molecule has 1 N–H and O–H groups in total. The van der Waals surface area contributed by atoms with E-state index in [-0.39, 0.29) is 0 Å². The van der Waals surface area contributed by atoms with Crippen molar-refractivity contribution < 1.29 is 0 Å². The van der Waals surface area contributed by atoms with Gasteiger partial charge in [0.15, 0.2) is 5.84 Å². The molecule has 6 aromatic carbocycles. The summed E-state index contributed by atoms with van der Waals surface area (Å²) in [6, 6.07) is 48.4. The second-order valence-corrected chi connectivity index (χ2v) is 12.3. The fraction of sp³-hybridized carbons (Fsp3) is 0.0227. The summed E-state index contributed by atoms with van der Waals surface area (Å²) >= 11 is 0. The number of para-hydroxylation sites is 1. The summed E-state index contributed by atoms with van der Waals surface area (Å²) in [6.45, 7) is 0.321. The number of rotatable bonds is 5. The fourth-order valence-electron chi connectivity index (χ4n) is 6.73. The third-order valence-corrected chi connectivity index (χ3v) is 9.18. The zero-order valence-electron chi connectivity index (χ0n) is 27.8. The Labute approximate surface area is 304 Å². The molecule has 53 heavy (non-hydrogen) atoms. The van der Waals surface area contributed by atoms with Gasteiger partial charge in [0.25, 0.3) is 0 Å². The number of amidine groups is 2. The van der Waals surface area contributed by atoms with Crippen molar-refractivity contribution in [1.82, 2.24) is 9.88 Å². The van der Waals surface area contributed by atoms with Gasteiger partial charge in [-0.05, 0) is 119 Å². The highest BCUT2D eigenvalue weighted by molar-refractivity contribution is 6.16. The third kappa shape index (κ3) is 5.78. The van der Waals surface area contributed by atoms with E-state index in [1.807, 2.05) is 60.7 Å². The van der Waals surface area contributed by atoms with Crippen LogP contribution in [0.4, 0.5) is 0 Å². The van der Waals surface area contributed by atoms with Crippen LogP contribution in [0.15, 0.2) is 131 Å². The highest BCUT2D eigenvalue weighted by atomic mass is 15.2. The molecule has 9 heteroatoms. The lowest BCUT2D eigenvalue weighted by atomic mass is 9.97. The molecule has 0 unspecified atom stereocenters. The molecule has 0 aliphatic carbocycles. The van der Waals surface area contributed by atoms with E-state index >= 15 is 0 Å². The average Bonchev–Trinajstić information content (AvgIpc) is 3.56. The van der Waals surface area contributed by atoms with Gasteiger partial charge < -0.3 is 9.88 Å². The summed E-state index contributed by atoms with van der Waals surface area (Å²) in [5.41, 5.74) is 9.65. The van der Waals surface area contributed by atoms with Gasteiger partial charge in [-0.1, -0.05) is 24.3 Å². The van der Waals surface area contributed by atoms with Crippen LogP contribution >= 0.6 is 0 Å². The average molecular weight is 678 g/mol. The zero-order valence-corrected chi connectivity index (χ0v) is 27.8. The third-order valence-electron chi connectivity index (χ3n) is 9.18. The molecule has 9 nitrogen and oxygen atoms in total. The van der Waals surface area contributed by atoms with Crippen molar-refractivity contribution in [3.05, 3.63) is 160 Å². The van der Waals surface area contributed by atoms with Gasteiger partial charge in [-0.3, -0.25) is 0 Å². The lowest BCUT2D eigenvalue weighted by molar-refractivity contribution is 0.905. The van der Waals surface area contributed by atoms with Gasteiger partial charge in [0.1, 0.15) is 12.5 Å². The smallest absolute Gasteiger partial charge is 0.158 e. The van der Waals surface area contributed by atoms with E-state index in [9.17, 15) is 26.3 Å². The van der Waals surface area contributed by atoms with Crippen molar-refractivity contribution in [3.8, 4) is 58.3 Å². The molecule has 1 aliphatic heterocycles. The standard InChI is InChI=1S/C44H23N9/c45-21-27-5-7-32(8-6-27)43-50-26-51-44(52-43)37-3-1-2-4-40(37)53-41-11-9-33(35-15-28(22-46)13-29(16-35)23-47)19-38(41)39-20-34(10-12-42(39)53)36-17-30(24-48)14-31(18-36)25-49/h1-20H,26H2,(H,50,51,52). The largest absolute Gasteiger partial charge is 0.350 e. The maximum absolute atomic E-state index is 9.68. The van der Waals surface area contributed by atoms with Crippen molar-refractivity contribution in [2.24, 2.45) is 9.98 Å². The molecular weight excluding hydrogens is 655 g/mol. The van der Waals surface area contributed by atoms with E-state index in [4.69, 9.17) is 4.99 Å². The second kappa shape index (κ2) is 13.2. The molecule has 0 amide bonds. The number of fused-ring (bicyclic) bond motifs is 3. The maximum atomic E-state index is 9.68. The van der Waals surface area contributed by atoms with E-state index < -0.39 is 0 Å². The van der Waals surface area contributed by atoms with Crippen LogP contribution in [-0.4, -0.2) is 22.9 Å². The number of hydrogen-bond acceptors (Lipinski definition) is 8. The number of aliphatic imine (C=N–C) groups is 2. The number of hydrogen-bond donors (Lipinski definition) is 1. The summed E-state index contributed by atoms with van der Waals surface area (Å²) in [5.74, 6) is 1.20. The first-order valence-corrected chi connectivity index (χ1v) is 16.5. The summed E-state index contributed by atoms with van der Waals surface area (Å²) in [7, 11) is 0. The molecule has 244 valence electrons. The lowest BCUT2D eigenvalue weighted by Crippen LogP contribution is -2.31. The van der Waals surface area contributed by atoms with Gasteiger partial charge in [0.2, 0.25) is 0 Å². The minimum Gasteiger partial charge on any atom is -0.350 e. The van der Waals surface area contributed by atoms with Crippen LogP contribution in [0.2, 0.25) is 0 Å². The van der Waals surface area contributed by atoms with Crippen molar-refractivity contribution in [3.63, 3.8) is 0 Å². The van der Waals surface area contributed by atoms with Crippen LogP contribution in [0, 0.1) is 56.7 Å². The van der Waals surface area contributed by atoms with E-state index in [0.29, 0.717) is 46.2 Å². The Balaban J connectivity index is 1.36. The van der Waals surface area contributed by atoms with Gasteiger partial charge in [-0.15, -0.1) is 0 Å². The van der Waals surface area contributed by atoms with Gasteiger partial charge in [-0.25, -0.2) is 9.98 Å². The molecule has 0 fully saturated rings. The molecule has 1 aromatic heterocycles. The second-order valence-electron chi connectivity index (χ2n) is 12.3. The van der Waals surface area contributed by atoms with Gasteiger partial charge in [-0.2, -0.15) is 26.3 Å². The first kappa shape index (κ1) is 31.9. The van der Waals surface area contributed by atoms with Crippen LogP contribution in [0.1, 0.15) is 38.9 Å². The predicted octanol–water partition coefficient (Wildman–Crippen LogP) is 8.23. The zero-order chi connectivity index (χ0) is 36.5. The maximum Gasteiger partial charge on any atom is 0.158 e. The van der Waals surface area contributed by atoms with Crippen LogP contribution in [0.3, 0.4) is 0 Å². The molecule has 0 atom stereocenters. The first-order valence-electron chi connectivity index (χ1n) is 16.5. The molecule has 0 bridgehead atoms. The Kier molecular flexibility index (Phi) is 7.96. The molecule has 7 aromatic rings. The molecule has 0 radical (unpaired) electrons. The monoisotopic (exact) mass is 677 g/mol. The lowest BCUT2D eigenvalue weighted by Gasteiger charge is -2.19. The first-order chi connectivity index (χ1) is 26.0. The molecule has 8 rings (SSSR count). The number of nitriles is 5. The summed E-state index contributed by atoms with van der Waals surface area (Å²) in [4.78, 5) is 9.53. The van der Waals surface area contributed by atoms with E-state index in [2.05, 4.69) is 57.4 Å². The fourth-order valence-corrected chi connectivity index (χ4v) is 6.73. The van der Waals surface area contributed by atoms with Gasteiger partial charge in [0, 0.05) is 21.9 Å².